The van der Waals surface area contributed by atoms with Crippen LogP contribution in [0.15, 0.2) is 54.7 Å². The number of aromatic amines is 1. The Morgan fingerprint density at radius 1 is 1.12 bits per heavy atom. The van der Waals surface area contributed by atoms with Crippen LogP contribution in [-0.2, 0) is 11.2 Å². The van der Waals surface area contributed by atoms with Crippen molar-refractivity contribution >= 4 is 39.1 Å². The van der Waals surface area contributed by atoms with E-state index in [4.69, 9.17) is 5.73 Å². The quantitative estimate of drug-likeness (QED) is 0.486. The number of carbonyl (C=O) groups excluding carboxylic acids is 1. The minimum absolute atomic E-state index is 0.0682. The maximum Gasteiger partial charge on any atom is 0.224 e. The lowest BCUT2D eigenvalue weighted by atomic mass is 10.1. The molecule has 0 radical (unpaired) electrons. The van der Waals surface area contributed by atoms with E-state index in [1.54, 1.807) is 0 Å². The topological polar surface area (TPSA) is 83.8 Å². The molecule has 5 nitrogen and oxygen atoms in total. The normalized spacial score (nSPS) is 11.1. The van der Waals surface area contributed by atoms with Crippen LogP contribution in [0.3, 0.4) is 0 Å². The van der Waals surface area contributed by atoms with Crippen LogP contribution in [0, 0.1) is 6.92 Å². The number of hydrogen-bond acceptors (Lipinski definition) is 3. The zero-order chi connectivity index (χ0) is 18.1. The SMILES string of the molecule is Cc1ccc(NC(=O)CCc2cc3c(cn2)[nH]c2ccccc23)c(N)c1. The van der Waals surface area contributed by atoms with Crippen LogP contribution >= 0.6 is 0 Å². The Morgan fingerprint density at radius 3 is 2.81 bits per heavy atom. The van der Waals surface area contributed by atoms with Crippen LogP contribution in [0.4, 0.5) is 11.4 Å². The molecule has 0 unspecified atom stereocenters. The van der Waals surface area contributed by atoms with Crippen molar-refractivity contribution in [2.75, 3.05) is 11.1 Å². The van der Waals surface area contributed by atoms with Crippen LogP contribution in [0.25, 0.3) is 21.8 Å². The van der Waals surface area contributed by atoms with E-state index in [0.29, 0.717) is 24.2 Å². The summed E-state index contributed by atoms with van der Waals surface area (Å²) < 4.78 is 0. The number of pyridine rings is 1. The molecular weight excluding hydrogens is 324 g/mol. The highest BCUT2D eigenvalue weighted by Crippen LogP contribution is 2.25. The maximum absolute atomic E-state index is 12.2. The van der Waals surface area contributed by atoms with Gasteiger partial charge >= 0.3 is 0 Å². The molecule has 0 aliphatic carbocycles. The van der Waals surface area contributed by atoms with E-state index in [2.05, 4.69) is 33.5 Å². The molecule has 4 aromatic rings. The molecule has 26 heavy (non-hydrogen) atoms. The molecular formula is C21H20N4O. The van der Waals surface area contributed by atoms with E-state index in [9.17, 15) is 4.79 Å². The molecule has 0 aliphatic rings. The van der Waals surface area contributed by atoms with Crippen LogP contribution in [0.1, 0.15) is 17.7 Å². The van der Waals surface area contributed by atoms with Crippen molar-refractivity contribution in [1.29, 1.82) is 0 Å². The maximum atomic E-state index is 12.2. The molecule has 0 saturated heterocycles. The number of hydrogen-bond donors (Lipinski definition) is 3. The fourth-order valence-electron chi connectivity index (χ4n) is 3.18. The molecule has 0 saturated carbocycles. The number of nitrogens with zero attached hydrogens (tertiary/aromatic N) is 1. The zero-order valence-corrected chi connectivity index (χ0v) is 14.5. The number of carbonyl (C=O) groups is 1. The number of anilines is 2. The Labute approximate surface area is 151 Å². The van der Waals surface area contributed by atoms with E-state index in [0.717, 1.165) is 27.7 Å². The molecule has 0 atom stereocenters. The average molecular weight is 344 g/mol. The lowest BCUT2D eigenvalue weighted by Crippen LogP contribution is -2.14. The first-order valence-electron chi connectivity index (χ1n) is 8.61. The molecule has 2 heterocycles. The molecule has 130 valence electrons. The summed E-state index contributed by atoms with van der Waals surface area (Å²) in [4.78, 5) is 20.1. The van der Waals surface area contributed by atoms with Gasteiger partial charge in [-0.05, 0) is 43.2 Å². The first-order valence-corrected chi connectivity index (χ1v) is 8.61. The second kappa shape index (κ2) is 6.52. The highest BCUT2D eigenvalue weighted by atomic mass is 16.1. The number of nitrogen functional groups attached to an aromatic ring is 1. The largest absolute Gasteiger partial charge is 0.397 e. The number of aryl methyl sites for hydroxylation is 2. The van der Waals surface area contributed by atoms with Crippen molar-refractivity contribution in [1.82, 2.24) is 9.97 Å². The van der Waals surface area contributed by atoms with E-state index in [1.807, 2.05) is 43.5 Å². The molecule has 5 heteroatoms. The number of fused-ring (bicyclic) bond motifs is 3. The summed E-state index contributed by atoms with van der Waals surface area (Å²) in [5, 5.41) is 5.17. The number of para-hydroxylation sites is 1. The summed E-state index contributed by atoms with van der Waals surface area (Å²) in [5.41, 5.74) is 11.2. The number of nitrogens with two attached hydrogens (primary N) is 1. The number of nitrogens with one attached hydrogen (secondary N) is 2. The minimum atomic E-state index is -0.0682. The van der Waals surface area contributed by atoms with E-state index < -0.39 is 0 Å². The summed E-state index contributed by atoms with van der Waals surface area (Å²) in [6.45, 7) is 1.97. The van der Waals surface area contributed by atoms with Crippen molar-refractivity contribution < 1.29 is 4.79 Å². The summed E-state index contributed by atoms with van der Waals surface area (Å²) in [6, 6.07) is 15.8. The molecule has 0 spiro atoms. The van der Waals surface area contributed by atoms with Gasteiger partial charge in [0.05, 0.1) is 23.1 Å². The standard InChI is InChI=1S/C21H20N4O/c1-13-6-8-19(17(22)10-13)25-21(26)9-7-14-11-16-15-4-2-3-5-18(15)24-20(16)12-23-14/h2-6,8,10-12,24H,7,9,22H2,1H3,(H,25,26). The van der Waals surface area contributed by atoms with Gasteiger partial charge in [-0.3, -0.25) is 9.78 Å². The third-order valence-corrected chi connectivity index (χ3v) is 4.54. The zero-order valence-electron chi connectivity index (χ0n) is 14.5. The first-order chi connectivity index (χ1) is 12.6. The Morgan fingerprint density at radius 2 is 1.96 bits per heavy atom. The van der Waals surface area contributed by atoms with Crippen molar-refractivity contribution in [3.8, 4) is 0 Å². The van der Waals surface area contributed by atoms with Crippen LogP contribution in [0.5, 0.6) is 0 Å². The Kier molecular flexibility index (Phi) is 4.05. The summed E-state index contributed by atoms with van der Waals surface area (Å²) in [6.07, 6.45) is 2.77. The molecule has 0 fully saturated rings. The summed E-state index contributed by atoms with van der Waals surface area (Å²) in [7, 11) is 0. The van der Waals surface area contributed by atoms with E-state index >= 15 is 0 Å². The minimum Gasteiger partial charge on any atom is -0.397 e. The third-order valence-electron chi connectivity index (χ3n) is 4.54. The highest BCUT2D eigenvalue weighted by Gasteiger charge is 2.09. The molecule has 1 amide bonds. The van der Waals surface area contributed by atoms with Gasteiger partial charge in [-0.25, -0.2) is 0 Å². The Bertz CT molecular complexity index is 1110. The van der Waals surface area contributed by atoms with Gasteiger partial charge in [0.25, 0.3) is 0 Å². The predicted molar refractivity (Wildman–Crippen MR) is 106 cm³/mol. The van der Waals surface area contributed by atoms with Gasteiger partial charge in [-0.1, -0.05) is 24.3 Å². The monoisotopic (exact) mass is 344 g/mol. The molecule has 4 N–H and O–H groups in total. The fourth-order valence-corrected chi connectivity index (χ4v) is 3.18. The first kappa shape index (κ1) is 16.1. The van der Waals surface area contributed by atoms with Gasteiger partial charge in [0, 0.05) is 28.4 Å². The van der Waals surface area contributed by atoms with E-state index in [-0.39, 0.29) is 5.91 Å². The van der Waals surface area contributed by atoms with Crippen LogP contribution in [0.2, 0.25) is 0 Å². The number of rotatable bonds is 4. The van der Waals surface area contributed by atoms with Crippen LogP contribution in [-0.4, -0.2) is 15.9 Å². The fraction of sp³-hybridized carbons (Fsp3) is 0.143. The second-order valence-electron chi connectivity index (χ2n) is 6.53. The number of benzene rings is 2. The van der Waals surface area contributed by atoms with Gasteiger partial charge in [0.15, 0.2) is 0 Å². The lowest BCUT2D eigenvalue weighted by Gasteiger charge is -2.08. The molecule has 4 rings (SSSR count). The smallest absolute Gasteiger partial charge is 0.224 e. The Balaban J connectivity index is 1.48. The molecule has 0 aliphatic heterocycles. The van der Waals surface area contributed by atoms with Gasteiger partial charge in [-0.15, -0.1) is 0 Å². The number of amides is 1. The molecule has 2 aromatic carbocycles. The highest BCUT2D eigenvalue weighted by molar-refractivity contribution is 6.07. The Hall–Kier alpha value is -3.34. The number of H-pyrrole nitrogens is 1. The summed E-state index contributed by atoms with van der Waals surface area (Å²) >= 11 is 0. The van der Waals surface area contributed by atoms with Gasteiger partial charge < -0.3 is 16.0 Å². The number of aromatic nitrogens is 2. The third kappa shape index (κ3) is 3.11. The predicted octanol–water partition coefficient (Wildman–Crippen LogP) is 4.18. The van der Waals surface area contributed by atoms with Crippen molar-refractivity contribution in [2.45, 2.75) is 19.8 Å². The van der Waals surface area contributed by atoms with E-state index in [1.165, 1.54) is 5.39 Å². The van der Waals surface area contributed by atoms with Gasteiger partial charge in [0.2, 0.25) is 5.91 Å². The second-order valence-corrected chi connectivity index (χ2v) is 6.53. The summed E-state index contributed by atoms with van der Waals surface area (Å²) in [5.74, 6) is -0.0682. The molecule has 2 aromatic heterocycles. The van der Waals surface area contributed by atoms with Crippen molar-refractivity contribution in [2.24, 2.45) is 0 Å². The van der Waals surface area contributed by atoms with Gasteiger partial charge in [-0.2, -0.15) is 0 Å². The van der Waals surface area contributed by atoms with Crippen molar-refractivity contribution in [3.05, 3.63) is 66.0 Å². The molecule has 0 bridgehead atoms. The van der Waals surface area contributed by atoms with Crippen molar-refractivity contribution in [3.63, 3.8) is 0 Å². The average Bonchev–Trinajstić information content (AvgIpc) is 3.00. The van der Waals surface area contributed by atoms with Gasteiger partial charge in [0.1, 0.15) is 0 Å². The van der Waals surface area contributed by atoms with Crippen LogP contribution < -0.4 is 11.1 Å². The lowest BCUT2D eigenvalue weighted by molar-refractivity contribution is -0.116.